The largest absolute Gasteiger partial charge is 0.475 e. The predicted molar refractivity (Wildman–Crippen MR) is 203 cm³/mol. The first-order valence-electron chi connectivity index (χ1n) is 17.2. The van der Waals surface area contributed by atoms with Crippen LogP contribution in [0.15, 0.2) is 110 Å². The van der Waals surface area contributed by atoms with Gasteiger partial charge in [-0.3, -0.25) is 13.6 Å². The van der Waals surface area contributed by atoms with Gasteiger partial charge in [0.15, 0.2) is 11.9 Å². The first kappa shape index (κ1) is 43.1. The Morgan fingerprint density at radius 1 is 1.09 bits per heavy atom. The minimum absolute atomic E-state index is 0.101. The van der Waals surface area contributed by atoms with Crippen LogP contribution < -0.4 is 0 Å². The Morgan fingerprint density at radius 2 is 1.84 bits per heavy atom. The molecule has 57 heavy (non-hydrogen) atoms. The topological polar surface area (TPSA) is 157 Å². The van der Waals surface area contributed by atoms with Gasteiger partial charge in [-0.1, -0.05) is 36.4 Å². The van der Waals surface area contributed by atoms with Crippen LogP contribution in [0.25, 0.3) is 6.08 Å². The third-order valence-electron chi connectivity index (χ3n) is 8.30. The summed E-state index contributed by atoms with van der Waals surface area (Å²) in [5.41, 5.74) is -1.56. The van der Waals surface area contributed by atoms with Crippen LogP contribution in [-0.2, 0) is 51.1 Å². The highest BCUT2D eigenvalue weighted by molar-refractivity contribution is 8.00. The number of esters is 1. The standard InChI is InChI=1S/C39H38F3N4O9PS/c1-4-14-52-56(48,53-15-5-2)54-20-30-19-49-23-33(30)38(47)55-39(24-46-26-44-25-45-46,34-13-12-31(40)17-36(34)42)27(3)57-32-21-50-37(51-22-32)9-7-6-8-29-11-10-28(18-43)16-35(29)41/h4-13,16-17,19,23,25-27,32,37H,1-2,14-15,20-22,24H2,3H3. The Labute approximate surface area is 331 Å². The lowest BCUT2D eigenvalue weighted by atomic mass is 9.89. The lowest BCUT2D eigenvalue weighted by Crippen LogP contribution is -2.47. The number of nitrogens with zero attached hydrogens (tertiary/aromatic N) is 4. The number of hydrogen-bond donors (Lipinski definition) is 0. The lowest BCUT2D eigenvalue weighted by Gasteiger charge is -2.40. The summed E-state index contributed by atoms with van der Waals surface area (Å²) in [7, 11) is -4.15. The molecule has 1 aliphatic rings. The van der Waals surface area contributed by atoms with E-state index in [4.69, 9.17) is 37.5 Å². The van der Waals surface area contributed by atoms with Crippen molar-refractivity contribution in [1.82, 2.24) is 14.8 Å². The van der Waals surface area contributed by atoms with E-state index in [1.54, 1.807) is 25.2 Å². The van der Waals surface area contributed by atoms with E-state index in [-0.39, 0.29) is 60.5 Å². The highest BCUT2D eigenvalue weighted by Crippen LogP contribution is 2.50. The van der Waals surface area contributed by atoms with Crippen LogP contribution in [0.5, 0.6) is 0 Å². The van der Waals surface area contributed by atoms with E-state index in [1.165, 1.54) is 71.8 Å². The minimum atomic E-state index is -4.15. The number of halogens is 3. The number of ether oxygens (including phenoxy) is 3. The highest BCUT2D eigenvalue weighted by Gasteiger charge is 2.47. The summed E-state index contributed by atoms with van der Waals surface area (Å²) in [6.07, 6.45) is 13.3. The first-order chi connectivity index (χ1) is 27.5. The average Bonchev–Trinajstić information content (AvgIpc) is 3.91. The van der Waals surface area contributed by atoms with Gasteiger partial charge in [-0.2, -0.15) is 10.4 Å². The normalized spacial score (nSPS) is 17.6. The predicted octanol–water partition coefficient (Wildman–Crippen LogP) is 8.08. The molecule has 2 aromatic heterocycles. The van der Waals surface area contributed by atoms with Crippen molar-refractivity contribution >= 4 is 31.6 Å². The van der Waals surface area contributed by atoms with Gasteiger partial charge >= 0.3 is 13.8 Å². The van der Waals surface area contributed by atoms with E-state index >= 15 is 4.39 Å². The smallest absolute Gasteiger partial charge is 0.471 e. The number of nitriles is 1. The molecule has 1 saturated heterocycles. The van der Waals surface area contributed by atoms with Crippen molar-refractivity contribution in [1.29, 1.82) is 5.26 Å². The van der Waals surface area contributed by atoms with Gasteiger partial charge in [-0.05, 0) is 37.3 Å². The average molecular weight is 827 g/mol. The van der Waals surface area contributed by atoms with Gasteiger partial charge in [0, 0.05) is 28.0 Å². The molecule has 0 radical (unpaired) electrons. The summed E-state index contributed by atoms with van der Waals surface area (Å²) in [6.45, 7) is 8.03. The molecule has 0 bridgehead atoms. The fourth-order valence-corrected chi connectivity index (χ4v) is 7.97. The van der Waals surface area contributed by atoms with Crippen LogP contribution in [0.1, 0.15) is 39.5 Å². The van der Waals surface area contributed by atoms with Crippen molar-refractivity contribution in [3.05, 3.63) is 150 Å². The molecule has 300 valence electrons. The number of thioether (sulfide) groups is 1. The number of rotatable bonds is 20. The molecule has 18 heteroatoms. The Morgan fingerprint density at radius 3 is 2.49 bits per heavy atom. The maximum atomic E-state index is 15.9. The van der Waals surface area contributed by atoms with Crippen molar-refractivity contribution in [3.63, 3.8) is 0 Å². The number of furan rings is 1. The molecule has 0 spiro atoms. The quantitative estimate of drug-likeness (QED) is 0.0365. The summed E-state index contributed by atoms with van der Waals surface area (Å²) in [4.78, 5) is 18.1. The molecule has 2 unspecified atom stereocenters. The number of carbonyl (C=O) groups is 1. The molecule has 0 aliphatic carbocycles. The molecule has 1 aliphatic heterocycles. The number of benzene rings is 2. The van der Waals surface area contributed by atoms with Gasteiger partial charge in [-0.25, -0.2) is 32.2 Å². The van der Waals surface area contributed by atoms with Gasteiger partial charge < -0.3 is 18.6 Å². The van der Waals surface area contributed by atoms with Crippen molar-refractivity contribution in [3.8, 4) is 6.07 Å². The van der Waals surface area contributed by atoms with Crippen LogP contribution >= 0.6 is 19.6 Å². The van der Waals surface area contributed by atoms with Crippen molar-refractivity contribution in [2.75, 3.05) is 26.4 Å². The van der Waals surface area contributed by atoms with Crippen molar-refractivity contribution in [2.24, 2.45) is 0 Å². The summed E-state index contributed by atoms with van der Waals surface area (Å²) in [6, 6.07) is 8.98. The zero-order valence-corrected chi connectivity index (χ0v) is 32.3. The summed E-state index contributed by atoms with van der Waals surface area (Å²) >= 11 is 1.28. The van der Waals surface area contributed by atoms with E-state index in [0.717, 1.165) is 18.4 Å². The number of phosphoric ester groups is 1. The van der Waals surface area contributed by atoms with E-state index < -0.39 is 55.0 Å². The van der Waals surface area contributed by atoms with Crippen molar-refractivity contribution < 1.29 is 54.7 Å². The highest BCUT2D eigenvalue weighted by atomic mass is 32.2. The molecule has 1 fully saturated rings. The van der Waals surface area contributed by atoms with E-state index in [1.807, 2.05) is 6.07 Å². The van der Waals surface area contributed by atoms with Crippen molar-refractivity contribution in [2.45, 2.75) is 42.5 Å². The third-order valence-corrected chi connectivity index (χ3v) is 11.1. The van der Waals surface area contributed by atoms with Gasteiger partial charge in [0.05, 0.1) is 62.7 Å². The molecule has 2 atom stereocenters. The van der Waals surface area contributed by atoms with Crippen LogP contribution in [-0.4, -0.2) is 64.0 Å². The van der Waals surface area contributed by atoms with Crippen LogP contribution in [0, 0.1) is 28.8 Å². The molecule has 0 N–H and O–H groups in total. The van der Waals surface area contributed by atoms with Crippen LogP contribution in [0.3, 0.4) is 0 Å². The zero-order valence-electron chi connectivity index (χ0n) is 30.6. The number of phosphoric acid groups is 1. The number of carbonyl (C=O) groups excluding carboxylic acids is 1. The second-order valence-electron chi connectivity index (χ2n) is 12.2. The summed E-state index contributed by atoms with van der Waals surface area (Å²) in [5, 5.41) is 12.0. The molecule has 4 aromatic rings. The molecule has 5 rings (SSSR count). The summed E-state index contributed by atoms with van der Waals surface area (Å²) < 4.78 is 98.3. The Balaban J connectivity index is 1.36. The maximum absolute atomic E-state index is 15.9. The molecule has 0 saturated carbocycles. The number of hydrogen-bond acceptors (Lipinski definition) is 13. The second kappa shape index (κ2) is 20.4. The fraction of sp³-hybridized carbons (Fsp3) is 0.282. The monoisotopic (exact) mass is 826 g/mol. The molecule has 13 nitrogen and oxygen atoms in total. The van der Waals surface area contributed by atoms with E-state index in [9.17, 15) is 18.1 Å². The Kier molecular flexibility index (Phi) is 15.4. The Hall–Kier alpha value is -5.05. The second-order valence-corrected chi connectivity index (χ2v) is 15.5. The van der Waals surface area contributed by atoms with Gasteiger partial charge in [0.1, 0.15) is 41.9 Å². The van der Waals surface area contributed by atoms with Gasteiger partial charge in [-0.15, -0.1) is 24.9 Å². The van der Waals surface area contributed by atoms with Crippen LogP contribution in [0.2, 0.25) is 0 Å². The SMILES string of the molecule is C=CCOP(=O)(OCC=C)OCc1cocc1C(=O)OC(Cn1cncn1)(c1ccc(F)cc1F)C(C)SC1COC(C=CC=Cc2ccc(C#N)cc2F)OC1. The maximum Gasteiger partial charge on any atom is 0.475 e. The summed E-state index contributed by atoms with van der Waals surface area (Å²) in [5.74, 6) is -3.35. The Bertz CT molecular complexity index is 2140. The molecular formula is C39H38F3N4O9PS. The van der Waals surface area contributed by atoms with Gasteiger partial charge in [0.25, 0.3) is 0 Å². The molecule has 2 aromatic carbocycles. The first-order valence-corrected chi connectivity index (χ1v) is 19.6. The number of aromatic nitrogens is 3. The molecule has 3 heterocycles. The third kappa shape index (κ3) is 11.5. The fourth-order valence-electron chi connectivity index (χ4n) is 5.51. The van der Waals surface area contributed by atoms with E-state index in [0.29, 0.717) is 11.6 Å². The lowest BCUT2D eigenvalue weighted by molar-refractivity contribution is -0.146. The molecular weight excluding hydrogens is 788 g/mol. The van der Waals surface area contributed by atoms with E-state index in [2.05, 4.69) is 23.2 Å². The zero-order chi connectivity index (χ0) is 40.8. The van der Waals surface area contributed by atoms with Gasteiger partial charge in [0.2, 0.25) is 0 Å². The molecule has 0 amide bonds. The van der Waals surface area contributed by atoms with Crippen LogP contribution in [0.4, 0.5) is 13.2 Å². The number of allylic oxidation sites excluding steroid dienone is 2. The minimum Gasteiger partial charge on any atom is -0.471 e.